The first-order valence-electron chi connectivity index (χ1n) is 22.0. The number of ether oxygens (including phenoxy) is 3. The maximum absolute atomic E-state index is 13.5. The number of anilines is 3. The van der Waals surface area contributed by atoms with Crippen LogP contribution in [0.2, 0.25) is 0 Å². The molecule has 14 nitrogen and oxygen atoms in total. The van der Waals surface area contributed by atoms with Crippen LogP contribution in [0.15, 0.2) is 95.9 Å². The van der Waals surface area contributed by atoms with Crippen LogP contribution in [0.4, 0.5) is 22.7 Å². The van der Waals surface area contributed by atoms with Gasteiger partial charge in [-0.2, -0.15) is 0 Å². The molecule has 1 aliphatic carbocycles. The average molecular weight is 865 g/mol. The second kappa shape index (κ2) is 17.4. The van der Waals surface area contributed by atoms with Crippen molar-refractivity contribution in [1.29, 1.82) is 0 Å². The van der Waals surface area contributed by atoms with E-state index in [4.69, 9.17) is 14.2 Å². The molecule has 2 N–H and O–H groups in total. The Labute approximate surface area is 363 Å². The first kappa shape index (κ1) is 41.9. The van der Waals surface area contributed by atoms with E-state index in [0.29, 0.717) is 24.7 Å². The monoisotopic (exact) mass is 864 g/mol. The average Bonchev–Trinajstić information content (AvgIpc) is 3.28. The largest absolute Gasteiger partial charge is 0.491 e. The summed E-state index contributed by atoms with van der Waals surface area (Å²) >= 11 is 0. The number of hydrogen-bond donors (Lipinski definition) is 2. The van der Waals surface area contributed by atoms with Crippen LogP contribution in [0.5, 0.6) is 11.5 Å². The van der Waals surface area contributed by atoms with Crippen LogP contribution < -0.4 is 29.3 Å². The zero-order valence-corrected chi connectivity index (χ0v) is 36.2. The summed E-state index contributed by atoms with van der Waals surface area (Å²) in [6.45, 7) is 10.3. The maximum atomic E-state index is 13.5. The van der Waals surface area contributed by atoms with Gasteiger partial charge < -0.3 is 29.3 Å². The molecule has 2 atom stereocenters. The van der Waals surface area contributed by atoms with Gasteiger partial charge in [-0.25, -0.2) is 13.1 Å². The van der Waals surface area contributed by atoms with Gasteiger partial charge in [0.25, 0.3) is 21.6 Å². The van der Waals surface area contributed by atoms with Crippen molar-refractivity contribution < 1.29 is 32.3 Å². The fourth-order valence-corrected chi connectivity index (χ4v) is 11.3. The Bertz CT molecular complexity index is 2360. The van der Waals surface area contributed by atoms with Gasteiger partial charge in [0.1, 0.15) is 12.4 Å². The lowest BCUT2D eigenvalue weighted by Gasteiger charge is -2.58. The fraction of sp³-hybridized carbons (Fsp3) is 0.468. The highest BCUT2D eigenvalue weighted by molar-refractivity contribution is 7.90. The summed E-state index contributed by atoms with van der Waals surface area (Å²) in [5.74, 6) is 0.408. The quantitative estimate of drug-likeness (QED) is 0.114. The molecule has 1 saturated carbocycles. The number of nitro benzene ring substituents is 1. The lowest BCUT2D eigenvalue weighted by atomic mass is 9.59. The van der Waals surface area contributed by atoms with Gasteiger partial charge in [-0.3, -0.25) is 19.8 Å². The molecule has 4 fully saturated rings. The highest BCUT2D eigenvalue weighted by Gasteiger charge is 2.50. The van der Waals surface area contributed by atoms with Crippen molar-refractivity contribution >= 4 is 38.7 Å². The van der Waals surface area contributed by atoms with E-state index in [1.165, 1.54) is 17.3 Å². The molecule has 1 amide bonds. The van der Waals surface area contributed by atoms with Gasteiger partial charge in [-0.15, -0.1) is 0 Å². The van der Waals surface area contributed by atoms with E-state index in [0.717, 1.165) is 88.8 Å². The van der Waals surface area contributed by atoms with E-state index in [2.05, 4.69) is 93.2 Å². The van der Waals surface area contributed by atoms with Gasteiger partial charge in [0.05, 0.1) is 28.0 Å². The summed E-state index contributed by atoms with van der Waals surface area (Å²) in [5.41, 5.74) is 3.65. The molecule has 4 heterocycles. The number of nitro groups is 1. The Morgan fingerprint density at radius 1 is 0.903 bits per heavy atom. The first-order chi connectivity index (χ1) is 29.9. The molecule has 1 spiro atoms. The molecule has 0 radical (unpaired) electrons. The number of amides is 1. The summed E-state index contributed by atoms with van der Waals surface area (Å²) in [6, 6.07) is 28.9. The summed E-state index contributed by atoms with van der Waals surface area (Å²) in [6.07, 6.45) is 6.16. The molecular weight excluding hydrogens is 809 g/mol. The number of hydrogen-bond acceptors (Lipinski definition) is 12. The molecule has 9 rings (SSSR count). The number of fused-ring (bicyclic) bond motifs is 1. The third kappa shape index (κ3) is 8.67. The van der Waals surface area contributed by atoms with E-state index in [1.54, 1.807) is 12.1 Å². The summed E-state index contributed by atoms with van der Waals surface area (Å²) in [5, 5.41) is 15.3. The van der Waals surface area contributed by atoms with Gasteiger partial charge in [0.2, 0.25) is 0 Å². The van der Waals surface area contributed by atoms with E-state index in [9.17, 15) is 23.3 Å². The third-order valence-electron chi connectivity index (χ3n) is 13.7. The van der Waals surface area contributed by atoms with Gasteiger partial charge in [0, 0.05) is 86.6 Å². The lowest BCUT2D eigenvalue weighted by Crippen LogP contribution is -2.60. The summed E-state index contributed by atoms with van der Waals surface area (Å²) in [4.78, 5) is 32.0. The Morgan fingerprint density at radius 2 is 1.60 bits per heavy atom. The third-order valence-corrected chi connectivity index (χ3v) is 15.0. The standard InChI is InChI=1S/C47H56N6O8S/c1-32(2)61-43-11-7-6-10-39(43)42-30-51(35-8-4-3-5-9-35)22-23-52(42)37-28-47(29-37)18-20-50(21-19-47)36-14-12-34(13-15-36)46(54)49-62(57,58)38-26-41(53(55)56)45-44(27-38)60-31-40(48-45)33-16-24-59-25-17-33/h3-15,26-27,32-33,37,40,42,48H,16-25,28-31H2,1-2H3,(H,49,54)/t40-,42-/m0/s1. The predicted octanol–water partition coefficient (Wildman–Crippen LogP) is 7.41. The van der Waals surface area contributed by atoms with E-state index in [-0.39, 0.29) is 47.7 Å². The second-order valence-corrected chi connectivity index (χ2v) is 19.5. The number of para-hydroxylation sites is 2. The van der Waals surface area contributed by atoms with Crippen LogP contribution in [0.25, 0.3) is 0 Å². The van der Waals surface area contributed by atoms with E-state index in [1.807, 2.05) is 12.1 Å². The molecule has 15 heteroatoms. The maximum Gasteiger partial charge on any atom is 0.297 e. The SMILES string of the molecule is CC(C)Oc1ccccc1[C@@H]1CN(c2ccccc2)CCN1C1CC2(CCN(c3ccc(C(=O)NS(=O)(=O)c4cc5c(c([N+](=O)[O-])c4)N[C@H](C4CCOCC4)CO5)cc3)CC2)C1. The number of piperazine rings is 1. The number of sulfonamides is 1. The number of piperidine rings is 1. The van der Waals surface area contributed by atoms with Gasteiger partial charge in [0.15, 0.2) is 11.4 Å². The zero-order valence-electron chi connectivity index (χ0n) is 35.4. The predicted molar refractivity (Wildman–Crippen MR) is 238 cm³/mol. The van der Waals surface area contributed by atoms with Crippen molar-refractivity contribution in [3.63, 3.8) is 0 Å². The van der Waals surface area contributed by atoms with Crippen molar-refractivity contribution in [2.45, 2.75) is 81.5 Å². The minimum absolute atomic E-state index is 0.0595. The number of rotatable bonds is 11. The number of nitrogens with zero attached hydrogens (tertiary/aromatic N) is 4. The van der Waals surface area contributed by atoms with Crippen LogP contribution in [0, 0.1) is 21.4 Å². The molecule has 0 bridgehead atoms. The summed E-state index contributed by atoms with van der Waals surface area (Å²) < 4.78 is 46.8. The molecule has 0 aromatic heterocycles. The first-order valence-corrected chi connectivity index (χ1v) is 23.5. The van der Waals surface area contributed by atoms with Gasteiger partial charge in [-0.05, 0) is 106 Å². The van der Waals surface area contributed by atoms with Gasteiger partial charge in [-0.1, -0.05) is 36.4 Å². The molecule has 62 heavy (non-hydrogen) atoms. The van der Waals surface area contributed by atoms with Crippen molar-refractivity contribution in [2.75, 3.05) is 67.7 Å². The van der Waals surface area contributed by atoms with Crippen LogP contribution in [0.3, 0.4) is 0 Å². The van der Waals surface area contributed by atoms with Gasteiger partial charge >= 0.3 is 0 Å². The number of carbonyl (C=O) groups excluding carboxylic acids is 1. The van der Waals surface area contributed by atoms with Crippen molar-refractivity contribution in [3.8, 4) is 11.5 Å². The molecule has 3 saturated heterocycles. The van der Waals surface area contributed by atoms with Crippen LogP contribution in [0.1, 0.15) is 74.3 Å². The second-order valence-electron chi connectivity index (χ2n) is 17.9. The zero-order chi connectivity index (χ0) is 43.0. The Morgan fingerprint density at radius 3 is 2.31 bits per heavy atom. The smallest absolute Gasteiger partial charge is 0.297 e. The Hall–Kier alpha value is -5.38. The number of carbonyl (C=O) groups is 1. The molecule has 0 unspecified atom stereocenters. The highest BCUT2D eigenvalue weighted by Crippen LogP contribution is 2.53. The Balaban J connectivity index is 0.818. The molecule has 328 valence electrons. The Kier molecular flexibility index (Phi) is 11.8. The molecule has 4 aromatic carbocycles. The minimum atomic E-state index is -4.48. The van der Waals surface area contributed by atoms with Crippen molar-refractivity contribution in [1.82, 2.24) is 9.62 Å². The molecule has 4 aromatic rings. The fourth-order valence-electron chi connectivity index (χ4n) is 10.3. The topological polar surface area (TPSA) is 156 Å². The number of nitrogens with one attached hydrogen (secondary N) is 2. The van der Waals surface area contributed by atoms with Crippen molar-refractivity contribution in [3.05, 3.63) is 112 Å². The lowest BCUT2D eigenvalue weighted by molar-refractivity contribution is -0.384. The molecular formula is C47H56N6O8S. The van der Waals surface area contributed by atoms with E-state index < -0.39 is 31.4 Å². The van der Waals surface area contributed by atoms with Crippen LogP contribution >= 0.6 is 0 Å². The highest BCUT2D eigenvalue weighted by atomic mass is 32.2. The van der Waals surface area contributed by atoms with Crippen molar-refractivity contribution in [2.24, 2.45) is 11.3 Å². The van der Waals surface area contributed by atoms with Crippen LogP contribution in [-0.2, 0) is 14.8 Å². The molecule has 4 aliphatic heterocycles. The summed E-state index contributed by atoms with van der Waals surface area (Å²) in [7, 11) is -4.48. The molecule has 5 aliphatic rings. The minimum Gasteiger partial charge on any atom is -0.491 e. The number of benzene rings is 4. The normalized spacial score (nSPS) is 22.0. The van der Waals surface area contributed by atoms with Crippen LogP contribution in [-0.4, -0.2) is 94.9 Å². The van der Waals surface area contributed by atoms with E-state index >= 15 is 0 Å².